The third kappa shape index (κ3) is 2.12. The van der Waals surface area contributed by atoms with E-state index in [4.69, 9.17) is 4.74 Å². The van der Waals surface area contributed by atoms with Gasteiger partial charge in [0, 0.05) is 24.1 Å². The molecule has 3 fully saturated rings. The molecule has 3 aliphatic carbocycles. The van der Waals surface area contributed by atoms with Gasteiger partial charge in [0.1, 0.15) is 0 Å². The van der Waals surface area contributed by atoms with Gasteiger partial charge >= 0.3 is 0 Å². The first-order valence-electron chi connectivity index (χ1n) is 8.12. The van der Waals surface area contributed by atoms with E-state index in [1.54, 1.807) is 0 Å². The van der Waals surface area contributed by atoms with Gasteiger partial charge in [0.15, 0.2) is 0 Å². The molecule has 0 heterocycles. The molecule has 1 spiro atoms. The lowest BCUT2D eigenvalue weighted by Gasteiger charge is -2.62. The van der Waals surface area contributed by atoms with Crippen LogP contribution in [0.4, 0.5) is 0 Å². The molecular formula is C16H29NO. The highest BCUT2D eigenvalue weighted by atomic mass is 16.5. The molecule has 2 nitrogen and oxygen atoms in total. The molecular weight excluding hydrogens is 222 g/mol. The van der Waals surface area contributed by atoms with E-state index in [0.717, 1.165) is 24.6 Å². The topological polar surface area (TPSA) is 21.3 Å². The fraction of sp³-hybridized carbons (Fsp3) is 1.00. The quantitative estimate of drug-likeness (QED) is 0.825. The Morgan fingerprint density at radius 1 is 1.17 bits per heavy atom. The van der Waals surface area contributed by atoms with E-state index in [1.807, 2.05) is 0 Å². The molecule has 1 N–H and O–H groups in total. The summed E-state index contributed by atoms with van der Waals surface area (Å²) in [7, 11) is 0. The summed E-state index contributed by atoms with van der Waals surface area (Å²) in [6.45, 7) is 5.44. The summed E-state index contributed by atoms with van der Waals surface area (Å²) in [4.78, 5) is 0. The van der Waals surface area contributed by atoms with Crippen LogP contribution in [0.1, 0.15) is 65.2 Å². The minimum Gasteiger partial charge on any atom is -0.378 e. The largest absolute Gasteiger partial charge is 0.378 e. The second-order valence-electron chi connectivity index (χ2n) is 6.95. The minimum atomic E-state index is 0.538. The molecule has 0 aromatic rings. The molecule has 3 rings (SSSR count). The lowest BCUT2D eigenvalue weighted by atomic mass is 9.50. The van der Waals surface area contributed by atoms with Gasteiger partial charge in [0.25, 0.3) is 0 Å². The molecule has 104 valence electrons. The van der Waals surface area contributed by atoms with Gasteiger partial charge in [0.2, 0.25) is 0 Å². The lowest BCUT2D eigenvalue weighted by molar-refractivity contribution is -0.175. The van der Waals surface area contributed by atoms with E-state index in [1.165, 1.54) is 51.4 Å². The fourth-order valence-electron chi connectivity index (χ4n) is 4.54. The Kier molecular flexibility index (Phi) is 3.68. The zero-order chi connectivity index (χ0) is 12.6. The predicted molar refractivity (Wildman–Crippen MR) is 74.7 cm³/mol. The van der Waals surface area contributed by atoms with Crippen LogP contribution >= 0.6 is 0 Å². The Morgan fingerprint density at radius 3 is 2.61 bits per heavy atom. The van der Waals surface area contributed by atoms with E-state index >= 15 is 0 Å². The highest BCUT2D eigenvalue weighted by Crippen LogP contribution is 2.57. The van der Waals surface area contributed by atoms with E-state index in [9.17, 15) is 0 Å². The maximum Gasteiger partial charge on any atom is 0.0661 e. The zero-order valence-electron chi connectivity index (χ0n) is 12.1. The molecule has 0 aromatic heterocycles. The normalized spacial score (nSPS) is 42.3. The number of rotatable bonds is 4. The highest BCUT2D eigenvalue weighted by Gasteiger charge is 2.58. The molecule has 0 amide bonds. The molecule has 0 radical (unpaired) electrons. The van der Waals surface area contributed by atoms with Crippen molar-refractivity contribution < 1.29 is 4.74 Å². The van der Waals surface area contributed by atoms with Crippen LogP contribution in [0.25, 0.3) is 0 Å². The predicted octanol–water partition coefficient (Wildman–Crippen LogP) is 3.50. The second kappa shape index (κ2) is 5.13. The van der Waals surface area contributed by atoms with Gasteiger partial charge in [-0.3, -0.25) is 0 Å². The van der Waals surface area contributed by atoms with Crippen LogP contribution < -0.4 is 5.32 Å². The lowest BCUT2D eigenvalue weighted by Crippen LogP contribution is -2.68. The van der Waals surface area contributed by atoms with E-state index in [2.05, 4.69) is 19.2 Å². The van der Waals surface area contributed by atoms with Gasteiger partial charge in [-0.05, 0) is 44.9 Å². The van der Waals surface area contributed by atoms with Crippen LogP contribution in [0.5, 0.6) is 0 Å². The van der Waals surface area contributed by atoms with Crippen LogP contribution in [-0.2, 0) is 4.74 Å². The monoisotopic (exact) mass is 251 g/mol. The molecule has 4 atom stereocenters. The van der Waals surface area contributed by atoms with Crippen molar-refractivity contribution in [2.45, 2.75) is 83.4 Å². The van der Waals surface area contributed by atoms with Crippen LogP contribution in [-0.4, -0.2) is 24.8 Å². The molecule has 18 heavy (non-hydrogen) atoms. The SMILES string of the molecule is CCOC1CC(NC2CCCC(C)C2)C12CCC2. The van der Waals surface area contributed by atoms with Crippen LogP contribution in [0.15, 0.2) is 0 Å². The van der Waals surface area contributed by atoms with Gasteiger partial charge in [-0.2, -0.15) is 0 Å². The molecule has 0 aromatic carbocycles. The summed E-state index contributed by atoms with van der Waals surface area (Å²) in [5.74, 6) is 0.927. The van der Waals surface area contributed by atoms with Gasteiger partial charge in [-0.15, -0.1) is 0 Å². The third-order valence-electron chi connectivity index (χ3n) is 5.81. The van der Waals surface area contributed by atoms with Gasteiger partial charge in [-0.1, -0.05) is 26.2 Å². The summed E-state index contributed by atoms with van der Waals surface area (Å²) in [6.07, 6.45) is 11.7. The summed E-state index contributed by atoms with van der Waals surface area (Å²) >= 11 is 0. The first kappa shape index (κ1) is 12.9. The van der Waals surface area contributed by atoms with Crippen molar-refractivity contribution in [1.29, 1.82) is 0 Å². The molecule has 3 aliphatic rings. The van der Waals surface area contributed by atoms with Crippen molar-refractivity contribution in [3.8, 4) is 0 Å². The Labute approximate surface area is 112 Å². The summed E-state index contributed by atoms with van der Waals surface area (Å²) in [5, 5.41) is 3.99. The Hall–Kier alpha value is -0.0800. The average Bonchev–Trinajstić information content (AvgIpc) is 2.25. The Balaban J connectivity index is 1.54. The number of ether oxygens (including phenoxy) is 1. The Morgan fingerprint density at radius 2 is 2.00 bits per heavy atom. The van der Waals surface area contributed by atoms with Crippen molar-refractivity contribution >= 4 is 0 Å². The van der Waals surface area contributed by atoms with Crippen molar-refractivity contribution in [3.63, 3.8) is 0 Å². The third-order valence-corrected chi connectivity index (χ3v) is 5.81. The second-order valence-corrected chi connectivity index (χ2v) is 6.95. The molecule has 0 saturated heterocycles. The summed E-state index contributed by atoms with van der Waals surface area (Å²) in [6, 6.07) is 1.55. The van der Waals surface area contributed by atoms with Crippen LogP contribution in [0.2, 0.25) is 0 Å². The summed E-state index contributed by atoms with van der Waals surface area (Å²) in [5.41, 5.74) is 0.538. The highest BCUT2D eigenvalue weighted by molar-refractivity contribution is 5.12. The smallest absolute Gasteiger partial charge is 0.0661 e. The van der Waals surface area contributed by atoms with Gasteiger partial charge in [0.05, 0.1) is 6.10 Å². The Bertz CT molecular complexity index is 287. The summed E-state index contributed by atoms with van der Waals surface area (Å²) < 4.78 is 5.94. The van der Waals surface area contributed by atoms with Crippen molar-refractivity contribution in [3.05, 3.63) is 0 Å². The van der Waals surface area contributed by atoms with Crippen molar-refractivity contribution in [2.24, 2.45) is 11.3 Å². The number of nitrogens with one attached hydrogen (secondary N) is 1. The van der Waals surface area contributed by atoms with E-state index in [0.29, 0.717) is 11.5 Å². The van der Waals surface area contributed by atoms with Crippen LogP contribution in [0.3, 0.4) is 0 Å². The van der Waals surface area contributed by atoms with Crippen molar-refractivity contribution in [2.75, 3.05) is 6.61 Å². The molecule has 0 aliphatic heterocycles. The van der Waals surface area contributed by atoms with E-state index in [-0.39, 0.29) is 0 Å². The fourth-order valence-corrected chi connectivity index (χ4v) is 4.54. The minimum absolute atomic E-state index is 0.538. The first-order valence-corrected chi connectivity index (χ1v) is 8.12. The molecule has 2 heteroatoms. The van der Waals surface area contributed by atoms with Crippen LogP contribution in [0, 0.1) is 11.3 Å². The maximum atomic E-state index is 5.94. The average molecular weight is 251 g/mol. The van der Waals surface area contributed by atoms with Gasteiger partial charge in [-0.25, -0.2) is 0 Å². The maximum absolute atomic E-state index is 5.94. The van der Waals surface area contributed by atoms with E-state index < -0.39 is 0 Å². The zero-order valence-corrected chi connectivity index (χ0v) is 12.1. The first-order chi connectivity index (χ1) is 8.74. The van der Waals surface area contributed by atoms with Gasteiger partial charge < -0.3 is 10.1 Å². The molecule has 4 unspecified atom stereocenters. The number of hydrogen-bond donors (Lipinski definition) is 1. The number of hydrogen-bond acceptors (Lipinski definition) is 2. The van der Waals surface area contributed by atoms with Crippen molar-refractivity contribution in [1.82, 2.24) is 5.32 Å². The molecule has 3 saturated carbocycles. The standard InChI is InChI=1S/C16H29NO/c1-3-18-15-11-14(16(15)8-5-9-16)17-13-7-4-6-12(2)10-13/h12-15,17H,3-11H2,1-2H3. The molecule has 0 bridgehead atoms.